The maximum Gasteiger partial charge on any atom is 0.0543 e. The highest BCUT2D eigenvalue weighted by Gasteiger charge is 2.38. The number of anilines is 9. The summed E-state index contributed by atoms with van der Waals surface area (Å²) in [6.07, 6.45) is 1.87. The van der Waals surface area contributed by atoms with Gasteiger partial charge in [0.2, 0.25) is 0 Å². The molecule has 80 heavy (non-hydrogen) atoms. The van der Waals surface area contributed by atoms with Crippen molar-refractivity contribution < 1.29 is 0 Å². The van der Waals surface area contributed by atoms with Gasteiger partial charge in [0.15, 0.2) is 0 Å². The molecule has 0 heterocycles. The average molecular weight is 1030 g/mol. The van der Waals surface area contributed by atoms with E-state index in [-0.39, 0.29) is 5.41 Å². The molecule has 0 saturated carbocycles. The molecule has 0 saturated heterocycles. The zero-order valence-electron chi connectivity index (χ0n) is 45.7. The Hall–Kier alpha value is -9.70. The zero-order valence-corrected chi connectivity index (χ0v) is 45.7. The molecule has 3 heteroatoms. The fourth-order valence-corrected chi connectivity index (χ4v) is 13.1. The Bertz CT molecular complexity index is 4470. The third-order valence-corrected chi connectivity index (χ3v) is 17.0. The van der Waals surface area contributed by atoms with Crippen molar-refractivity contribution in [3.05, 3.63) is 295 Å². The van der Waals surface area contributed by atoms with E-state index in [1.165, 1.54) is 87.6 Å². The van der Waals surface area contributed by atoms with Crippen molar-refractivity contribution in [2.75, 3.05) is 14.7 Å². The predicted octanol–water partition coefficient (Wildman–Crippen LogP) is 21.8. The van der Waals surface area contributed by atoms with E-state index in [9.17, 15) is 0 Å². The van der Waals surface area contributed by atoms with E-state index in [0.717, 1.165) is 64.0 Å². The molecule has 1 aliphatic carbocycles. The summed E-state index contributed by atoms with van der Waals surface area (Å²) < 4.78 is 0. The molecule has 0 N–H and O–H groups in total. The molecule has 0 fully saturated rings. The summed E-state index contributed by atoms with van der Waals surface area (Å²) in [5.74, 6) is 0. The Balaban J connectivity index is 0.919. The largest absolute Gasteiger partial charge is 0.311 e. The van der Waals surface area contributed by atoms with Crippen molar-refractivity contribution in [1.29, 1.82) is 0 Å². The normalized spacial score (nSPS) is 12.4. The van der Waals surface area contributed by atoms with Crippen molar-refractivity contribution in [2.24, 2.45) is 0 Å². The quantitative estimate of drug-likeness (QED) is 0.121. The van der Waals surface area contributed by atoms with Crippen molar-refractivity contribution in [3.8, 4) is 22.3 Å². The third kappa shape index (κ3) is 8.03. The van der Waals surface area contributed by atoms with Crippen LogP contribution in [0.2, 0.25) is 0 Å². The Morgan fingerprint density at radius 2 is 0.675 bits per heavy atom. The smallest absolute Gasteiger partial charge is 0.0543 e. The molecule has 0 atom stereocenters. The summed E-state index contributed by atoms with van der Waals surface area (Å²) in [4.78, 5) is 7.38. The lowest BCUT2D eigenvalue weighted by Gasteiger charge is -2.32. The Kier molecular flexibility index (Phi) is 12.1. The second kappa shape index (κ2) is 19.9. The van der Waals surface area contributed by atoms with Crippen LogP contribution in [0.4, 0.5) is 51.2 Å². The van der Waals surface area contributed by atoms with Crippen molar-refractivity contribution in [1.82, 2.24) is 0 Å². The minimum absolute atomic E-state index is 0.186. The SMILES string of the molecule is CCc1ccccc1-c1c(CC)cc(N(c2ccc(N(c3ccccc3)c3ccc(N(c4cccc5ccccc45)c4cc5c(c6ccccc46)-c4ccccc4C5(C)C)cc3)cc2)c2cccc3ccccc23)c2ccccc12. The lowest BCUT2D eigenvalue weighted by molar-refractivity contribution is 0.661. The van der Waals surface area contributed by atoms with E-state index in [1.807, 2.05) is 0 Å². The molecule has 13 aromatic rings. The molecule has 0 bridgehead atoms. The van der Waals surface area contributed by atoms with Crippen LogP contribution < -0.4 is 14.7 Å². The number of hydrogen-bond donors (Lipinski definition) is 0. The molecule has 0 spiro atoms. The standard InChI is InChI=1S/C77H61N3/c1-5-52-24-10-15-33-63(52)75-53(6-2)50-73(64-34-16-18-36-66(64)75)79(71-40-22-27-54-25-11-13-31-61(54)71)59-46-42-57(43-47-59)78(56-29-8-7-9-30-56)58-44-48-60(49-45-58)80(72-41-23-28-55-26-12-14-32-62(55)72)74-51-70-76(67-37-19-17-35-65(67)74)68-38-20-21-39-69(68)77(70,3)4/h7-51H,5-6H2,1-4H3. The Morgan fingerprint density at radius 3 is 1.23 bits per heavy atom. The van der Waals surface area contributed by atoms with Crippen LogP contribution in [0.5, 0.6) is 0 Å². The van der Waals surface area contributed by atoms with Gasteiger partial charge in [-0.1, -0.05) is 216 Å². The van der Waals surface area contributed by atoms with Crippen LogP contribution in [0, 0.1) is 0 Å². The van der Waals surface area contributed by atoms with Crippen LogP contribution >= 0.6 is 0 Å². The highest BCUT2D eigenvalue weighted by molar-refractivity contribution is 6.13. The van der Waals surface area contributed by atoms with Gasteiger partial charge in [-0.2, -0.15) is 0 Å². The van der Waals surface area contributed by atoms with Crippen molar-refractivity contribution in [3.63, 3.8) is 0 Å². The first-order chi connectivity index (χ1) is 39.4. The van der Waals surface area contributed by atoms with Gasteiger partial charge in [0.05, 0.1) is 22.7 Å². The maximum atomic E-state index is 2.50. The van der Waals surface area contributed by atoms with E-state index in [0.29, 0.717) is 0 Å². The first kappa shape index (κ1) is 48.7. The van der Waals surface area contributed by atoms with Crippen LogP contribution in [-0.2, 0) is 18.3 Å². The van der Waals surface area contributed by atoms with Gasteiger partial charge in [-0.25, -0.2) is 0 Å². The van der Waals surface area contributed by atoms with Crippen molar-refractivity contribution in [2.45, 2.75) is 46.0 Å². The van der Waals surface area contributed by atoms with Gasteiger partial charge in [-0.05, 0) is 164 Å². The van der Waals surface area contributed by atoms with E-state index in [1.54, 1.807) is 0 Å². The number of hydrogen-bond acceptors (Lipinski definition) is 3. The molecule has 0 amide bonds. The first-order valence-corrected chi connectivity index (χ1v) is 28.3. The van der Waals surface area contributed by atoms with Crippen LogP contribution in [0.25, 0.3) is 65.3 Å². The molecule has 0 aromatic heterocycles. The molecular weight excluding hydrogens is 967 g/mol. The van der Waals surface area contributed by atoms with E-state index in [2.05, 4.69) is 315 Å². The minimum atomic E-state index is -0.186. The second-order valence-electron chi connectivity index (χ2n) is 21.7. The van der Waals surface area contributed by atoms with Gasteiger partial charge >= 0.3 is 0 Å². The summed E-state index contributed by atoms with van der Waals surface area (Å²) >= 11 is 0. The Morgan fingerprint density at radius 1 is 0.275 bits per heavy atom. The first-order valence-electron chi connectivity index (χ1n) is 28.3. The molecule has 3 nitrogen and oxygen atoms in total. The van der Waals surface area contributed by atoms with E-state index in [4.69, 9.17) is 0 Å². The topological polar surface area (TPSA) is 9.72 Å². The monoisotopic (exact) mass is 1030 g/mol. The van der Waals surface area contributed by atoms with Gasteiger partial charge in [0, 0.05) is 55.4 Å². The maximum absolute atomic E-state index is 2.50. The number of fused-ring (bicyclic) bond motifs is 8. The fraction of sp³-hybridized carbons (Fsp3) is 0.0909. The van der Waals surface area contributed by atoms with Crippen LogP contribution in [0.3, 0.4) is 0 Å². The molecule has 0 unspecified atom stereocenters. The van der Waals surface area contributed by atoms with Crippen molar-refractivity contribution >= 4 is 94.3 Å². The lowest BCUT2D eigenvalue weighted by Crippen LogP contribution is -2.17. The molecule has 0 radical (unpaired) electrons. The number of rotatable bonds is 12. The van der Waals surface area contributed by atoms with E-state index < -0.39 is 0 Å². The van der Waals surface area contributed by atoms with Crippen LogP contribution in [0.15, 0.2) is 273 Å². The van der Waals surface area contributed by atoms with Gasteiger partial charge in [0.25, 0.3) is 0 Å². The Labute approximate surface area is 469 Å². The van der Waals surface area contributed by atoms with Gasteiger partial charge < -0.3 is 14.7 Å². The molecule has 14 rings (SSSR count). The summed E-state index contributed by atoms with van der Waals surface area (Å²) in [5, 5.41) is 9.78. The summed E-state index contributed by atoms with van der Waals surface area (Å²) in [5.41, 5.74) is 20.5. The summed E-state index contributed by atoms with van der Waals surface area (Å²) in [6.45, 7) is 9.32. The van der Waals surface area contributed by atoms with Gasteiger partial charge in [-0.3, -0.25) is 0 Å². The van der Waals surface area contributed by atoms with Crippen LogP contribution in [0.1, 0.15) is 49.9 Å². The zero-order chi connectivity index (χ0) is 53.9. The minimum Gasteiger partial charge on any atom is -0.311 e. The molecular formula is C77H61N3. The molecule has 0 aliphatic heterocycles. The summed E-state index contributed by atoms with van der Waals surface area (Å²) in [6, 6.07) is 101. The highest BCUT2D eigenvalue weighted by Crippen LogP contribution is 2.55. The number of nitrogens with zero attached hydrogens (tertiary/aromatic N) is 3. The summed E-state index contributed by atoms with van der Waals surface area (Å²) in [7, 11) is 0. The average Bonchev–Trinajstić information content (AvgIpc) is 3.91. The molecule has 1 aliphatic rings. The molecule has 13 aromatic carbocycles. The lowest BCUT2D eigenvalue weighted by atomic mass is 9.81. The second-order valence-corrected chi connectivity index (χ2v) is 21.7. The number of benzene rings is 13. The third-order valence-electron chi connectivity index (χ3n) is 17.0. The van der Waals surface area contributed by atoms with E-state index >= 15 is 0 Å². The number of aryl methyl sites for hydroxylation is 2. The van der Waals surface area contributed by atoms with Gasteiger partial charge in [-0.15, -0.1) is 0 Å². The highest BCUT2D eigenvalue weighted by atomic mass is 15.2. The number of para-hydroxylation sites is 1. The fourth-order valence-electron chi connectivity index (χ4n) is 13.1. The predicted molar refractivity (Wildman–Crippen MR) is 342 cm³/mol. The molecule has 384 valence electrons. The van der Waals surface area contributed by atoms with Crippen LogP contribution in [-0.4, -0.2) is 0 Å². The van der Waals surface area contributed by atoms with Gasteiger partial charge in [0.1, 0.15) is 0 Å².